The number of rotatable bonds is 9. The molecule has 2 aliphatic heterocycles. The molecule has 4 atom stereocenters. The molecule has 184 valence electrons. The zero-order valence-electron chi connectivity index (χ0n) is 18.9. The number of nitrogens with one attached hydrogen (secondary N) is 1. The van der Waals surface area contributed by atoms with Crippen LogP contribution < -0.4 is 16.8 Å². The molecular formula is C23H31N5O6. The molecule has 0 spiro atoms. The minimum atomic E-state index is -1.14. The minimum Gasteiger partial charge on any atom is -0.480 e. The molecule has 4 unspecified atom stereocenters. The molecule has 4 amide bonds. The SMILES string of the molecule is NC(=O)CC(N)C(=O)N1CCCC1C(=O)NC(Cc1ccccc1)C(=O)N1CCCC1C(=O)O. The Kier molecular flexibility index (Phi) is 8.21. The summed E-state index contributed by atoms with van der Waals surface area (Å²) in [4.78, 5) is 64.7. The molecule has 0 bridgehead atoms. The van der Waals surface area contributed by atoms with Gasteiger partial charge in [0, 0.05) is 19.5 Å². The molecule has 11 nitrogen and oxygen atoms in total. The molecule has 1 aromatic rings. The number of benzene rings is 1. The van der Waals surface area contributed by atoms with Crippen LogP contribution in [0.15, 0.2) is 30.3 Å². The average Bonchev–Trinajstić information content (AvgIpc) is 3.48. The predicted molar refractivity (Wildman–Crippen MR) is 121 cm³/mol. The number of carboxylic acid groups (broad SMARTS) is 1. The maximum Gasteiger partial charge on any atom is 0.326 e. The number of nitrogens with zero attached hydrogens (tertiary/aromatic N) is 2. The molecule has 11 heteroatoms. The molecule has 1 aromatic carbocycles. The number of aliphatic carboxylic acids is 1. The van der Waals surface area contributed by atoms with E-state index < -0.39 is 53.8 Å². The zero-order chi connectivity index (χ0) is 24.8. The first-order valence-corrected chi connectivity index (χ1v) is 11.4. The molecule has 34 heavy (non-hydrogen) atoms. The van der Waals surface area contributed by atoms with Gasteiger partial charge in [-0.25, -0.2) is 4.79 Å². The Bertz CT molecular complexity index is 939. The summed E-state index contributed by atoms with van der Waals surface area (Å²) in [5.41, 5.74) is 11.7. The van der Waals surface area contributed by atoms with Gasteiger partial charge in [-0.1, -0.05) is 30.3 Å². The van der Waals surface area contributed by atoms with Crippen molar-refractivity contribution in [2.45, 2.75) is 62.7 Å². The summed E-state index contributed by atoms with van der Waals surface area (Å²) in [7, 11) is 0. The second-order valence-electron chi connectivity index (χ2n) is 8.75. The van der Waals surface area contributed by atoms with Crippen molar-refractivity contribution < 1.29 is 29.1 Å². The third kappa shape index (κ3) is 5.90. The van der Waals surface area contributed by atoms with Crippen molar-refractivity contribution in [1.29, 1.82) is 0 Å². The van der Waals surface area contributed by atoms with E-state index in [9.17, 15) is 29.1 Å². The summed E-state index contributed by atoms with van der Waals surface area (Å²) in [6.07, 6.45) is 1.72. The van der Waals surface area contributed by atoms with E-state index in [4.69, 9.17) is 11.5 Å². The first-order chi connectivity index (χ1) is 16.2. The predicted octanol–water partition coefficient (Wildman–Crippen LogP) is -1.02. The molecule has 0 saturated carbocycles. The van der Waals surface area contributed by atoms with E-state index >= 15 is 0 Å². The number of carbonyl (C=O) groups excluding carboxylic acids is 4. The third-order valence-corrected chi connectivity index (χ3v) is 6.29. The van der Waals surface area contributed by atoms with E-state index in [-0.39, 0.29) is 12.8 Å². The first-order valence-electron chi connectivity index (χ1n) is 11.4. The molecule has 3 rings (SSSR count). The highest BCUT2D eigenvalue weighted by Crippen LogP contribution is 2.22. The van der Waals surface area contributed by atoms with E-state index in [0.717, 1.165) is 5.56 Å². The number of nitrogens with two attached hydrogens (primary N) is 2. The van der Waals surface area contributed by atoms with Crippen molar-refractivity contribution >= 4 is 29.6 Å². The topological polar surface area (TPSA) is 176 Å². The molecule has 2 saturated heterocycles. The lowest BCUT2D eigenvalue weighted by atomic mass is 10.0. The van der Waals surface area contributed by atoms with Gasteiger partial charge in [0.25, 0.3) is 0 Å². The number of hydrogen-bond donors (Lipinski definition) is 4. The molecule has 2 aliphatic rings. The van der Waals surface area contributed by atoms with Crippen LogP contribution in [-0.2, 0) is 30.4 Å². The van der Waals surface area contributed by atoms with Crippen LogP contribution >= 0.6 is 0 Å². The van der Waals surface area contributed by atoms with E-state index in [1.54, 1.807) is 0 Å². The quantitative estimate of drug-likeness (QED) is 0.355. The Labute approximate surface area is 197 Å². The van der Waals surface area contributed by atoms with Crippen molar-refractivity contribution in [3.8, 4) is 0 Å². The number of hydrogen-bond acceptors (Lipinski definition) is 6. The number of carbonyl (C=O) groups is 5. The zero-order valence-corrected chi connectivity index (χ0v) is 18.9. The maximum absolute atomic E-state index is 13.4. The summed E-state index contributed by atoms with van der Waals surface area (Å²) < 4.78 is 0. The highest BCUT2D eigenvalue weighted by Gasteiger charge is 2.41. The molecular weight excluding hydrogens is 442 g/mol. The second kappa shape index (κ2) is 11.1. The molecule has 0 aromatic heterocycles. The number of amides is 4. The highest BCUT2D eigenvalue weighted by molar-refractivity contribution is 5.95. The van der Waals surface area contributed by atoms with Crippen LogP contribution in [0.25, 0.3) is 0 Å². The molecule has 2 heterocycles. The summed E-state index contributed by atoms with van der Waals surface area (Å²) in [5.74, 6) is -3.33. The number of primary amides is 1. The van der Waals surface area contributed by atoms with Gasteiger partial charge in [-0.3, -0.25) is 19.2 Å². The normalized spacial score (nSPS) is 21.7. The second-order valence-corrected chi connectivity index (χ2v) is 8.75. The molecule has 2 fully saturated rings. The van der Waals surface area contributed by atoms with Crippen LogP contribution in [0, 0.1) is 0 Å². The first kappa shape index (κ1) is 25.2. The Hall–Kier alpha value is -3.47. The monoisotopic (exact) mass is 473 g/mol. The van der Waals surface area contributed by atoms with Crippen LogP contribution in [-0.4, -0.2) is 81.8 Å². The van der Waals surface area contributed by atoms with E-state index in [1.807, 2.05) is 30.3 Å². The summed E-state index contributed by atoms with van der Waals surface area (Å²) in [5, 5.41) is 12.3. The van der Waals surface area contributed by atoms with Gasteiger partial charge in [-0.05, 0) is 31.2 Å². The van der Waals surface area contributed by atoms with Gasteiger partial charge >= 0.3 is 5.97 Å². The van der Waals surface area contributed by atoms with Gasteiger partial charge in [0.2, 0.25) is 23.6 Å². The van der Waals surface area contributed by atoms with Gasteiger partial charge in [0.05, 0.1) is 12.5 Å². The number of carboxylic acids is 1. The van der Waals surface area contributed by atoms with Crippen molar-refractivity contribution in [3.05, 3.63) is 35.9 Å². The maximum atomic E-state index is 13.4. The van der Waals surface area contributed by atoms with Gasteiger partial charge in [0.15, 0.2) is 0 Å². The van der Waals surface area contributed by atoms with Crippen molar-refractivity contribution in [2.24, 2.45) is 11.5 Å². The standard InChI is InChI=1S/C23H31N5O6/c24-15(13-19(25)29)21(31)27-10-4-8-17(27)20(30)26-16(12-14-6-2-1-3-7-14)22(32)28-11-5-9-18(28)23(33)34/h1-3,6-7,15-18H,4-5,8-13,24H2,(H2,25,29)(H,26,30)(H,33,34). The van der Waals surface area contributed by atoms with Crippen LogP contribution in [0.4, 0.5) is 0 Å². The lowest BCUT2D eigenvalue weighted by Crippen LogP contribution is -2.57. The van der Waals surface area contributed by atoms with Crippen LogP contribution in [0.1, 0.15) is 37.7 Å². The van der Waals surface area contributed by atoms with Crippen LogP contribution in [0.5, 0.6) is 0 Å². The summed E-state index contributed by atoms with van der Waals surface area (Å²) >= 11 is 0. The van der Waals surface area contributed by atoms with Gasteiger partial charge in [-0.15, -0.1) is 0 Å². The third-order valence-electron chi connectivity index (χ3n) is 6.29. The fourth-order valence-corrected chi connectivity index (χ4v) is 4.63. The Morgan fingerprint density at radius 3 is 2.15 bits per heavy atom. The fourth-order valence-electron chi connectivity index (χ4n) is 4.63. The van der Waals surface area contributed by atoms with Gasteiger partial charge in [-0.2, -0.15) is 0 Å². The lowest BCUT2D eigenvalue weighted by molar-refractivity contribution is -0.149. The Morgan fingerprint density at radius 1 is 0.971 bits per heavy atom. The molecule has 6 N–H and O–H groups in total. The highest BCUT2D eigenvalue weighted by atomic mass is 16.4. The fraction of sp³-hybridized carbons (Fsp3) is 0.522. The van der Waals surface area contributed by atoms with E-state index in [2.05, 4.69) is 5.32 Å². The molecule has 0 aliphatic carbocycles. The van der Waals surface area contributed by atoms with Gasteiger partial charge in [0.1, 0.15) is 18.1 Å². The lowest BCUT2D eigenvalue weighted by Gasteiger charge is -2.30. The van der Waals surface area contributed by atoms with Crippen molar-refractivity contribution in [2.75, 3.05) is 13.1 Å². The largest absolute Gasteiger partial charge is 0.480 e. The van der Waals surface area contributed by atoms with Crippen LogP contribution in [0.3, 0.4) is 0 Å². The van der Waals surface area contributed by atoms with Crippen LogP contribution in [0.2, 0.25) is 0 Å². The van der Waals surface area contributed by atoms with Crippen molar-refractivity contribution in [1.82, 2.24) is 15.1 Å². The Morgan fingerprint density at radius 2 is 1.56 bits per heavy atom. The number of likely N-dealkylation sites (tertiary alicyclic amines) is 2. The van der Waals surface area contributed by atoms with Gasteiger partial charge < -0.3 is 31.7 Å². The Balaban J connectivity index is 1.77. The summed E-state index contributed by atoms with van der Waals surface area (Å²) in [6.45, 7) is 0.598. The summed E-state index contributed by atoms with van der Waals surface area (Å²) in [6, 6.07) is 5.18. The van der Waals surface area contributed by atoms with E-state index in [1.165, 1.54) is 9.80 Å². The molecule has 0 radical (unpaired) electrons. The van der Waals surface area contributed by atoms with Crippen molar-refractivity contribution in [3.63, 3.8) is 0 Å². The average molecular weight is 474 g/mol. The minimum absolute atomic E-state index is 0.177. The smallest absolute Gasteiger partial charge is 0.326 e. The van der Waals surface area contributed by atoms with E-state index in [0.29, 0.717) is 38.8 Å².